The minimum absolute atomic E-state index is 0.149. The van der Waals surface area contributed by atoms with Crippen LogP contribution in [0.15, 0.2) is 10.9 Å². The summed E-state index contributed by atoms with van der Waals surface area (Å²) >= 11 is 4.64. The van der Waals surface area contributed by atoms with Gasteiger partial charge < -0.3 is 4.52 Å². The van der Waals surface area contributed by atoms with Crippen LogP contribution in [0.4, 0.5) is 0 Å². The standard InChI is InChI=1S/C4H3N5OS/c11-4-7-3(9-10-4)2-5-1-6-8-2/h1H,(H,5,6,8)(H,7,9,11). The summed E-state index contributed by atoms with van der Waals surface area (Å²) in [5.74, 6) is 0.956. The molecule has 0 fully saturated rings. The maximum atomic E-state index is 4.68. The number of aromatic nitrogens is 5. The second-order valence-corrected chi connectivity index (χ2v) is 2.11. The molecule has 2 heterocycles. The highest BCUT2D eigenvalue weighted by Crippen LogP contribution is 2.05. The molecule has 0 spiro atoms. The Kier molecular flexibility index (Phi) is 1.29. The van der Waals surface area contributed by atoms with Gasteiger partial charge in [0.15, 0.2) is 5.82 Å². The summed E-state index contributed by atoms with van der Waals surface area (Å²) in [6.07, 6.45) is 1.38. The quantitative estimate of drug-likeness (QED) is 0.608. The number of rotatable bonds is 1. The van der Waals surface area contributed by atoms with E-state index in [1.165, 1.54) is 6.33 Å². The average molecular weight is 169 g/mol. The van der Waals surface area contributed by atoms with E-state index >= 15 is 0 Å². The van der Waals surface area contributed by atoms with Crippen LogP contribution in [-0.2, 0) is 0 Å². The highest BCUT2D eigenvalue weighted by molar-refractivity contribution is 7.71. The van der Waals surface area contributed by atoms with Gasteiger partial charge in [0.05, 0.1) is 0 Å². The SMILES string of the molecule is S=c1nc(-c2ncn[nH]2)[nH]o1. The number of hydrogen-bond acceptors (Lipinski definition) is 5. The predicted octanol–water partition coefficient (Wildman–Crippen LogP) is 0.517. The third-order valence-electron chi connectivity index (χ3n) is 1.08. The molecule has 56 valence electrons. The number of nitrogens with one attached hydrogen (secondary N) is 2. The Morgan fingerprint density at radius 1 is 1.45 bits per heavy atom. The van der Waals surface area contributed by atoms with Crippen LogP contribution < -0.4 is 0 Å². The summed E-state index contributed by atoms with van der Waals surface area (Å²) < 4.78 is 4.68. The van der Waals surface area contributed by atoms with Crippen LogP contribution in [0.3, 0.4) is 0 Å². The van der Waals surface area contributed by atoms with Crippen molar-refractivity contribution in [2.75, 3.05) is 0 Å². The summed E-state index contributed by atoms with van der Waals surface area (Å²) in [4.78, 5) is 7.79. The van der Waals surface area contributed by atoms with Gasteiger partial charge >= 0.3 is 4.84 Å². The summed E-state index contributed by atoms with van der Waals surface area (Å²) in [7, 11) is 0. The lowest BCUT2D eigenvalue weighted by atomic mass is 10.6. The van der Waals surface area contributed by atoms with Gasteiger partial charge in [0, 0.05) is 0 Å². The van der Waals surface area contributed by atoms with Crippen molar-refractivity contribution in [2.24, 2.45) is 0 Å². The van der Waals surface area contributed by atoms with E-state index in [4.69, 9.17) is 0 Å². The molecule has 2 aromatic rings. The third kappa shape index (κ3) is 1.05. The first-order chi connectivity index (χ1) is 5.36. The molecule has 0 aliphatic rings. The van der Waals surface area contributed by atoms with Crippen molar-refractivity contribution < 1.29 is 4.52 Å². The molecule has 0 radical (unpaired) electrons. The highest BCUT2D eigenvalue weighted by atomic mass is 32.1. The van der Waals surface area contributed by atoms with Crippen LogP contribution in [0.25, 0.3) is 11.6 Å². The van der Waals surface area contributed by atoms with Crippen LogP contribution in [0.1, 0.15) is 0 Å². The van der Waals surface area contributed by atoms with Crippen molar-refractivity contribution in [3.63, 3.8) is 0 Å². The Hall–Kier alpha value is -1.50. The lowest BCUT2D eigenvalue weighted by Gasteiger charge is -1.81. The van der Waals surface area contributed by atoms with Gasteiger partial charge in [-0.3, -0.25) is 5.10 Å². The molecule has 0 saturated carbocycles. The lowest BCUT2D eigenvalue weighted by Crippen LogP contribution is -1.81. The molecule has 0 aromatic carbocycles. The topological polar surface area (TPSA) is 83.4 Å². The van der Waals surface area contributed by atoms with E-state index in [1.54, 1.807) is 0 Å². The van der Waals surface area contributed by atoms with Crippen molar-refractivity contribution in [3.05, 3.63) is 11.2 Å². The van der Waals surface area contributed by atoms with Gasteiger partial charge in [-0.25, -0.2) is 4.98 Å². The van der Waals surface area contributed by atoms with Crippen LogP contribution in [0, 0.1) is 4.84 Å². The van der Waals surface area contributed by atoms with Crippen LogP contribution in [0.5, 0.6) is 0 Å². The van der Waals surface area contributed by atoms with E-state index in [0.29, 0.717) is 11.6 Å². The van der Waals surface area contributed by atoms with Crippen LogP contribution >= 0.6 is 12.2 Å². The zero-order chi connectivity index (χ0) is 7.68. The largest absolute Gasteiger partial charge is 0.348 e. The molecule has 2 N–H and O–H groups in total. The molecule has 0 saturated heterocycles. The minimum atomic E-state index is 0.149. The third-order valence-corrected chi connectivity index (χ3v) is 1.25. The van der Waals surface area contributed by atoms with Gasteiger partial charge in [0.2, 0.25) is 5.82 Å². The summed E-state index contributed by atoms with van der Waals surface area (Å²) in [6, 6.07) is 0. The predicted molar refractivity (Wildman–Crippen MR) is 37.1 cm³/mol. The van der Waals surface area contributed by atoms with Gasteiger partial charge in [0.1, 0.15) is 6.33 Å². The molecule has 7 heteroatoms. The first-order valence-electron chi connectivity index (χ1n) is 2.77. The normalized spacial score (nSPS) is 10.2. The zero-order valence-electron chi connectivity index (χ0n) is 5.24. The molecular formula is C4H3N5OS. The van der Waals surface area contributed by atoms with Gasteiger partial charge in [0.25, 0.3) is 0 Å². The van der Waals surface area contributed by atoms with Crippen molar-refractivity contribution in [1.82, 2.24) is 25.3 Å². The number of aromatic amines is 2. The fourth-order valence-corrected chi connectivity index (χ4v) is 0.783. The van der Waals surface area contributed by atoms with Crippen LogP contribution in [0.2, 0.25) is 0 Å². The Balaban J connectivity index is 2.53. The molecule has 0 amide bonds. The van der Waals surface area contributed by atoms with E-state index in [0.717, 1.165) is 0 Å². The van der Waals surface area contributed by atoms with Crippen molar-refractivity contribution >= 4 is 12.2 Å². The Morgan fingerprint density at radius 3 is 2.91 bits per heavy atom. The molecule has 11 heavy (non-hydrogen) atoms. The lowest BCUT2D eigenvalue weighted by molar-refractivity contribution is 0.406. The van der Waals surface area contributed by atoms with E-state index in [9.17, 15) is 0 Å². The molecule has 0 unspecified atom stereocenters. The van der Waals surface area contributed by atoms with Crippen molar-refractivity contribution in [3.8, 4) is 11.6 Å². The maximum Gasteiger partial charge on any atom is 0.314 e. The fourth-order valence-electron chi connectivity index (χ4n) is 0.650. The van der Waals surface area contributed by atoms with Gasteiger partial charge in [-0.1, -0.05) is 0 Å². The van der Waals surface area contributed by atoms with E-state index in [2.05, 4.69) is 42.1 Å². The summed E-state index contributed by atoms with van der Waals surface area (Å²) in [5, 5.41) is 8.73. The number of H-pyrrole nitrogens is 2. The Bertz CT molecular complexity index is 387. The summed E-state index contributed by atoms with van der Waals surface area (Å²) in [6.45, 7) is 0. The molecule has 2 aromatic heterocycles. The molecular weight excluding hydrogens is 166 g/mol. The molecule has 0 bridgehead atoms. The molecule has 0 aliphatic heterocycles. The van der Waals surface area contributed by atoms with E-state index < -0.39 is 0 Å². The molecule has 0 atom stereocenters. The monoisotopic (exact) mass is 169 g/mol. The van der Waals surface area contributed by atoms with Crippen LogP contribution in [-0.4, -0.2) is 25.3 Å². The van der Waals surface area contributed by atoms with Gasteiger partial charge in [-0.05, 0) is 12.2 Å². The highest BCUT2D eigenvalue weighted by Gasteiger charge is 2.03. The first-order valence-corrected chi connectivity index (χ1v) is 3.18. The average Bonchev–Trinajstić information content (AvgIpc) is 2.55. The van der Waals surface area contributed by atoms with Crippen molar-refractivity contribution in [2.45, 2.75) is 0 Å². The first kappa shape index (κ1) is 6.23. The zero-order valence-corrected chi connectivity index (χ0v) is 6.05. The Labute approximate surface area is 65.6 Å². The number of nitrogens with zero attached hydrogens (tertiary/aromatic N) is 3. The maximum absolute atomic E-state index is 4.68. The fraction of sp³-hybridized carbons (Fsp3) is 0. The Morgan fingerprint density at radius 2 is 2.36 bits per heavy atom. The van der Waals surface area contributed by atoms with E-state index in [1.807, 2.05) is 0 Å². The molecule has 2 rings (SSSR count). The van der Waals surface area contributed by atoms with Gasteiger partial charge in [-0.15, -0.1) is 0 Å². The number of hydrogen-bond donors (Lipinski definition) is 2. The van der Waals surface area contributed by atoms with Gasteiger partial charge in [-0.2, -0.15) is 15.2 Å². The smallest absolute Gasteiger partial charge is 0.314 e. The summed E-state index contributed by atoms with van der Waals surface area (Å²) in [5.41, 5.74) is 0. The van der Waals surface area contributed by atoms with E-state index in [-0.39, 0.29) is 4.84 Å². The molecule has 0 aliphatic carbocycles. The molecule has 6 nitrogen and oxygen atoms in total. The second-order valence-electron chi connectivity index (χ2n) is 1.76. The minimum Gasteiger partial charge on any atom is -0.348 e. The van der Waals surface area contributed by atoms with Crippen molar-refractivity contribution in [1.29, 1.82) is 0 Å². The second kappa shape index (κ2) is 2.27.